The second kappa shape index (κ2) is 12.0. The lowest BCUT2D eigenvalue weighted by Crippen LogP contribution is -2.48. The van der Waals surface area contributed by atoms with Gasteiger partial charge in [-0.1, -0.05) is 0 Å². The molecule has 1 fully saturated rings. The minimum atomic E-state index is -3.75. The Morgan fingerprint density at radius 2 is 1.69 bits per heavy atom. The lowest BCUT2D eigenvalue weighted by atomic mass is 10.0. The van der Waals surface area contributed by atoms with Crippen LogP contribution in [0.15, 0.2) is 29.2 Å². The summed E-state index contributed by atoms with van der Waals surface area (Å²) >= 11 is 1.21. The molecule has 2 unspecified atom stereocenters. The molecule has 1 aromatic carbocycles. The van der Waals surface area contributed by atoms with E-state index in [1.165, 1.54) is 39.9 Å². The van der Waals surface area contributed by atoms with Crippen LogP contribution in [0, 0.1) is 0 Å². The third-order valence-electron chi connectivity index (χ3n) is 6.43. The summed E-state index contributed by atoms with van der Waals surface area (Å²) in [6, 6.07) is 5.68. The fourth-order valence-corrected chi connectivity index (χ4v) is 7.55. The van der Waals surface area contributed by atoms with Crippen LogP contribution in [0.5, 0.6) is 0 Å². The number of hydrogen-bond acceptors (Lipinski definition) is 9. The first-order chi connectivity index (χ1) is 18.5. The molecule has 13 heteroatoms. The van der Waals surface area contributed by atoms with Crippen molar-refractivity contribution in [3.8, 4) is 0 Å². The van der Waals surface area contributed by atoms with Gasteiger partial charge in [0.2, 0.25) is 10.0 Å². The molecule has 2 amide bonds. The van der Waals surface area contributed by atoms with Gasteiger partial charge in [-0.15, -0.1) is 11.3 Å². The molecule has 2 aromatic rings. The minimum absolute atomic E-state index is 0.0817. The van der Waals surface area contributed by atoms with Crippen molar-refractivity contribution >= 4 is 44.3 Å². The van der Waals surface area contributed by atoms with Crippen LogP contribution in [0.25, 0.3) is 0 Å². The SMILES string of the molecule is CCOC(=O)c1c(NC(=O)c2ccc(S(=O)(=O)N3CC(C)OC(C)C3)cc2)sc2c1CCN(C(=O)OCC)C2. The van der Waals surface area contributed by atoms with Gasteiger partial charge < -0.3 is 24.4 Å². The van der Waals surface area contributed by atoms with Crippen molar-refractivity contribution in [2.75, 3.05) is 38.2 Å². The number of sulfonamides is 1. The molecule has 1 aromatic heterocycles. The summed E-state index contributed by atoms with van der Waals surface area (Å²) in [6.07, 6.45) is -0.456. The molecule has 1 saturated heterocycles. The van der Waals surface area contributed by atoms with Crippen molar-refractivity contribution < 1.29 is 37.0 Å². The van der Waals surface area contributed by atoms with Crippen molar-refractivity contribution in [3.63, 3.8) is 0 Å². The van der Waals surface area contributed by atoms with Crippen LogP contribution >= 0.6 is 11.3 Å². The quantitative estimate of drug-likeness (QED) is 0.493. The van der Waals surface area contributed by atoms with Gasteiger partial charge in [0.25, 0.3) is 5.91 Å². The Hall–Kier alpha value is -3.00. The fourth-order valence-electron chi connectivity index (χ4n) is 4.71. The van der Waals surface area contributed by atoms with Gasteiger partial charge in [0.15, 0.2) is 0 Å². The topological polar surface area (TPSA) is 132 Å². The maximum absolute atomic E-state index is 13.1. The molecule has 0 aliphatic carbocycles. The van der Waals surface area contributed by atoms with Crippen LogP contribution in [0.3, 0.4) is 0 Å². The summed E-state index contributed by atoms with van der Waals surface area (Å²) in [4.78, 5) is 40.6. The zero-order chi connectivity index (χ0) is 28.3. The predicted molar refractivity (Wildman–Crippen MR) is 145 cm³/mol. The average molecular weight is 580 g/mol. The molecule has 2 atom stereocenters. The molecule has 2 aliphatic rings. The number of thiophene rings is 1. The minimum Gasteiger partial charge on any atom is -0.462 e. The third kappa shape index (κ3) is 6.26. The number of ether oxygens (including phenoxy) is 3. The molecule has 0 spiro atoms. The fraction of sp³-hybridized carbons (Fsp3) is 0.500. The van der Waals surface area contributed by atoms with E-state index in [0.29, 0.717) is 18.0 Å². The van der Waals surface area contributed by atoms with E-state index in [1.807, 2.05) is 13.8 Å². The maximum atomic E-state index is 13.1. The first-order valence-electron chi connectivity index (χ1n) is 12.9. The average Bonchev–Trinajstić information content (AvgIpc) is 3.25. The van der Waals surface area contributed by atoms with E-state index in [2.05, 4.69) is 5.32 Å². The van der Waals surface area contributed by atoms with Gasteiger partial charge in [-0.05, 0) is 63.9 Å². The highest BCUT2D eigenvalue weighted by Gasteiger charge is 2.33. The molecule has 0 radical (unpaired) electrons. The van der Waals surface area contributed by atoms with Crippen LogP contribution in [0.2, 0.25) is 0 Å². The van der Waals surface area contributed by atoms with E-state index in [9.17, 15) is 22.8 Å². The number of carbonyl (C=O) groups is 3. The lowest BCUT2D eigenvalue weighted by molar-refractivity contribution is -0.0440. The Morgan fingerprint density at radius 1 is 1.05 bits per heavy atom. The predicted octanol–water partition coefficient (Wildman–Crippen LogP) is 3.49. The number of morpholine rings is 1. The number of nitrogens with zero attached hydrogens (tertiary/aromatic N) is 2. The van der Waals surface area contributed by atoms with Gasteiger partial charge in [-0.2, -0.15) is 4.31 Å². The largest absolute Gasteiger partial charge is 0.462 e. The van der Waals surface area contributed by atoms with Crippen LogP contribution in [0.4, 0.5) is 9.80 Å². The van der Waals surface area contributed by atoms with Crippen LogP contribution < -0.4 is 5.32 Å². The number of nitrogens with one attached hydrogen (secondary N) is 1. The van der Waals surface area contributed by atoms with Gasteiger partial charge in [0.1, 0.15) is 5.00 Å². The molecule has 3 heterocycles. The van der Waals surface area contributed by atoms with Gasteiger partial charge in [-0.25, -0.2) is 18.0 Å². The number of hydrogen-bond donors (Lipinski definition) is 1. The van der Waals surface area contributed by atoms with Crippen molar-refractivity contribution in [1.29, 1.82) is 0 Å². The van der Waals surface area contributed by atoms with Crippen molar-refractivity contribution in [1.82, 2.24) is 9.21 Å². The van der Waals surface area contributed by atoms with Crippen LogP contribution in [0.1, 0.15) is 58.9 Å². The normalized spacial score (nSPS) is 19.7. The summed E-state index contributed by atoms with van der Waals surface area (Å²) in [7, 11) is -3.75. The number of fused-ring (bicyclic) bond motifs is 1. The smallest absolute Gasteiger partial charge is 0.410 e. The summed E-state index contributed by atoms with van der Waals surface area (Å²) in [5, 5.41) is 3.11. The Labute approximate surface area is 232 Å². The zero-order valence-corrected chi connectivity index (χ0v) is 24.0. The maximum Gasteiger partial charge on any atom is 0.410 e. The Kier molecular flexibility index (Phi) is 8.94. The van der Waals surface area contributed by atoms with Crippen molar-refractivity contribution in [3.05, 3.63) is 45.8 Å². The highest BCUT2D eigenvalue weighted by atomic mass is 32.2. The third-order valence-corrected chi connectivity index (χ3v) is 9.41. The van der Waals surface area contributed by atoms with Crippen LogP contribution in [-0.4, -0.2) is 80.6 Å². The number of esters is 1. The Morgan fingerprint density at radius 3 is 2.31 bits per heavy atom. The second-order valence-electron chi connectivity index (χ2n) is 9.36. The summed E-state index contributed by atoms with van der Waals surface area (Å²) < 4.78 is 43.7. The summed E-state index contributed by atoms with van der Waals surface area (Å²) in [5.74, 6) is -1.05. The van der Waals surface area contributed by atoms with E-state index < -0.39 is 28.0 Å². The first kappa shape index (κ1) is 29.0. The monoisotopic (exact) mass is 579 g/mol. The van der Waals surface area contributed by atoms with Gasteiger partial charge in [0.05, 0.1) is 42.4 Å². The highest BCUT2D eigenvalue weighted by molar-refractivity contribution is 7.89. The molecule has 2 aliphatic heterocycles. The van der Waals surface area contributed by atoms with Crippen LogP contribution in [-0.2, 0) is 37.2 Å². The van der Waals surface area contributed by atoms with Crippen molar-refractivity contribution in [2.45, 2.75) is 57.8 Å². The van der Waals surface area contributed by atoms with E-state index in [0.717, 1.165) is 10.4 Å². The zero-order valence-electron chi connectivity index (χ0n) is 22.4. The standard InChI is InChI=1S/C26H33N3O8S2/c1-5-35-25(31)22-20-11-12-28(26(32)36-6-2)15-21(20)38-24(22)27-23(30)18-7-9-19(10-8-18)39(33,34)29-13-16(3)37-17(4)14-29/h7-10,16-17H,5-6,11-15H2,1-4H3,(H,27,30). The molecular formula is C26H33N3O8S2. The van der Waals surface area contributed by atoms with Crippen molar-refractivity contribution in [2.24, 2.45) is 0 Å². The number of rotatable bonds is 7. The molecule has 4 rings (SSSR count). The number of carbonyl (C=O) groups excluding carboxylic acids is 3. The number of anilines is 1. The van der Waals surface area contributed by atoms with Gasteiger partial charge in [-0.3, -0.25) is 4.79 Å². The highest BCUT2D eigenvalue weighted by Crippen LogP contribution is 2.38. The summed E-state index contributed by atoms with van der Waals surface area (Å²) in [5.41, 5.74) is 1.25. The molecular weight excluding hydrogens is 546 g/mol. The van der Waals surface area contributed by atoms with Gasteiger partial charge in [0, 0.05) is 30.1 Å². The lowest BCUT2D eigenvalue weighted by Gasteiger charge is -2.34. The van der Waals surface area contributed by atoms with E-state index in [-0.39, 0.29) is 61.1 Å². The number of amides is 2. The van der Waals surface area contributed by atoms with Gasteiger partial charge >= 0.3 is 12.1 Å². The first-order valence-corrected chi connectivity index (χ1v) is 15.1. The summed E-state index contributed by atoms with van der Waals surface area (Å²) in [6.45, 7) is 8.65. The van der Waals surface area contributed by atoms with E-state index >= 15 is 0 Å². The molecule has 0 saturated carbocycles. The molecule has 39 heavy (non-hydrogen) atoms. The number of benzene rings is 1. The molecule has 212 valence electrons. The second-order valence-corrected chi connectivity index (χ2v) is 12.4. The Bertz CT molecular complexity index is 1330. The molecule has 0 bridgehead atoms. The Balaban J connectivity index is 1.55. The molecule has 1 N–H and O–H groups in total. The van der Waals surface area contributed by atoms with E-state index in [4.69, 9.17) is 14.2 Å². The van der Waals surface area contributed by atoms with E-state index in [1.54, 1.807) is 18.7 Å². The molecule has 11 nitrogen and oxygen atoms in total.